The quantitative estimate of drug-likeness (QED) is 0.777. The average Bonchev–Trinajstić information content (AvgIpc) is 3.15. The van der Waals surface area contributed by atoms with Crippen LogP contribution >= 0.6 is 0 Å². The predicted octanol–water partition coefficient (Wildman–Crippen LogP) is 2.02. The first-order chi connectivity index (χ1) is 11.1. The van der Waals surface area contributed by atoms with Crippen molar-refractivity contribution >= 4 is 5.97 Å². The van der Waals surface area contributed by atoms with Gasteiger partial charge in [-0.15, -0.1) is 0 Å². The van der Waals surface area contributed by atoms with Crippen LogP contribution in [0.2, 0.25) is 0 Å². The van der Waals surface area contributed by atoms with E-state index in [-0.39, 0.29) is 24.1 Å². The van der Waals surface area contributed by atoms with Crippen LogP contribution in [0, 0.1) is 5.92 Å². The minimum atomic E-state index is -0.643. The highest BCUT2D eigenvalue weighted by Crippen LogP contribution is 2.54. The maximum atomic E-state index is 11.9. The topological polar surface area (TPSA) is 57.2 Å². The fourth-order valence-corrected chi connectivity index (χ4v) is 4.20. The molecule has 3 aliphatic heterocycles. The Kier molecular flexibility index (Phi) is 3.65. The van der Waals surface area contributed by atoms with Crippen molar-refractivity contribution in [1.29, 1.82) is 0 Å². The lowest BCUT2D eigenvalue weighted by atomic mass is 9.69. The third-order valence-corrected chi connectivity index (χ3v) is 5.24. The minimum absolute atomic E-state index is 0.166. The van der Waals surface area contributed by atoms with Crippen LogP contribution < -0.4 is 0 Å². The highest BCUT2D eigenvalue weighted by Gasteiger charge is 2.61. The molecule has 1 aromatic rings. The Balaban J connectivity index is 1.73. The molecule has 0 aromatic heterocycles. The van der Waals surface area contributed by atoms with Crippen LogP contribution in [0.5, 0.6) is 0 Å². The Labute approximate surface area is 135 Å². The molecular formula is C17H21NO5. The van der Waals surface area contributed by atoms with Crippen molar-refractivity contribution in [1.82, 2.24) is 5.23 Å². The summed E-state index contributed by atoms with van der Waals surface area (Å²) in [6.45, 7) is 2.77. The number of rotatable bonds is 2. The number of benzene rings is 1. The lowest BCUT2D eigenvalue weighted by molar-refractivity contribution is -0.455. The van der Waals surface area contributed by atoms with E-state index in [2.05, 4.69) is 19.1 Å². The second kappa shape index (κ2) is 5.56. The predicted molar refractivity (Wildman–Crippen MR) is 79.9 cm³/mol. The molecule has 3 saturated heterocycles. The van der Waals surface area contributed by atoms with Crippen LogP contribution in [0.25, 0.3) is 0 Å². The van der Waals surface area contributed by atoms with Crippen LogP contribution in [0.4, 0.5) is 0 Å². The molecule has 0 N–H and O–H groups in total. The summed E-state index contributed by atoms with van der Waals surface area (Å²) in [7, 11) is 1.37. The molecule has 23 heavy (non-hydrogen) atoms. The van der Waals surface area contributed by atoms with E-state index in [0.29, 0.717) is 13.0 Å². The molecule has 6 heteroatoms. The van der Waals surface area contributed by atoms with Gasteiger partial charge in [-0.2, -0.15) is 0 Å². The smallest absolute Gasteiger partial charge is 0.337 e. The SMILES string of the molecule is COC(=O)C1CC2(C)C(c3ccccc3)C3CCOC3ON2O1. The summed E-state index contributed by atoms with van der Waals surface area (Å²) in [5, 5.41) is 1.48. The molecule has 3 fully saturated rings. The van der Waals surface area contributed by atoms with Crippen LogP contribution in [-0.4, -0.2) is 42.8 Å². The molecule has 4 rings (SSSR count). The number of carbonyl (C=O) groups excluding carboxylic acids is 1. The van der Waals surface area contributed by atoms with Crippen LogP contribution in [0.3, 0.4) is 0 Å². The molecule has 0 spiro atoms. The van der Waals surface area contributed by atoms with Gasteiger partial charge in [0.05, 0.1) is 19.3 Å². The van der Waals surface area contributed by atoms with Gasteiger partial charge < -0.3 is 9.47 Å². The molecule has 3 heterocycles. The van der Waals surface area contributed by atoms with Crippen molar-refractivity contribution in [2.24, 2.45) is 5.92 Å². The lowest BCUT2D eigenvalue weighted by Crippen LogP contribution is -2.56. The molecule has 124 valence electrons. The highest BCUT2D eigenvalue weighted by atomic mass is 17.0. The Morgan fingerprint density at radius 3 is 2.83 bits per heavy atom. The van der Waals surface area contributed by atoms with Crippen molar-refractivity contribution in [3.63, 3.8) is 0 Å². The molecule has 5 atom stereocenters. The zero-order chi connectivity index (χ0) is 16.0. The molecule has 0 aliphatic carbocycles. The second-order valence-electron chi connectivity index (χ2n) is 6.62. The molecule has 0 amide bonds. The molecular weight excluding hydrogens is 298 g/mol. The van der Waals surface area contributed by atoms with Crippen molar-refractivity contribution < 1.29 is 23.9 Å². The molecule has 0 bridgehead atoms. The van der Waals surface area contributed by atoms with Gasteiger partial charge in [-0.3, -0.25) is 4.84 Å². The van der Waals surface area contributed by atoms with E-state index in [1.54, 1.807) is 0 Å². The standard InChI is InChI=1S/C17H21NO5/c1-17-10-13(15(19)20-2)22-18(17)23-16-12(8-9-21-16)14(17)11-6-4-3-5-7-11/h3-7,12-14,16H,8-10H2,1-2H3. The Morgan fingerprint density at radius 2 is 2.09 bits per heavy atom. The number of hydrogen-bond acceptors (Lipinski definition) is 6. The lowest BCUT2D eigenvalue weighted by Gasteiger charge is -2.47. The number of ether oxygens (including phenoxy) is 2. The summed E-state index contributed by atoms with van der Waals surface area (Å²) in [6.07, 6.45) is 0.499. The summed E-state index contributed by atoms with van der Waals surface area (Å²) in [4.78, 5) is 23.6. The largest absolute Gasteiger partial charge is 0.467 e. The molecule has 0 saturated carbocycles. The highest BCUT2D eigenvalue weighted by molar-refractivity contribution is 5.75. The number of fused-ring (bicyclic) bond motifs is 2. The van der Waals surface area contributed by atoms with E-state index in [1.165, 1.54) is 17.9 Å². The average molecular weight is 319 g/mol. The third kappa shape index (κ3) is 2.29. The van der Waals surface area contributed by atoms with Crippen molar-refractivity contribution in [2.75, 3.05) is 13.7 Å². The number of methoxy groups -OCH3 is 1. The van der Waals surface area contributed by atoms with Crippen LogP contribution in [-0.2, 0) is 23.9 Å². The Hall–Kier alpha value is -1.47. The van der Waals surface area contributed by atoms with E-state index < -0.39 is 11.6 Å². The van der Waals surface area contributed by atoms with E-state index in [9.17, 15) is 4.79 Å². The van der Waals surface area contributed by atoms with Gasteiger partial charge in [0, 0.05) is 18.3 Å². The summed E-state index contributed by atoms with van der Waals surface area (Å²) in [5.41, 5.74) is 0.785. The Morgan fingerprint density at radius 1 is 1.30 bits per heavy atom. The Bertz CT molecular complexity index is 594. The molecule has 3 aliphatic rings. The van der Waals surface area contributed by atoms with Gasteiger partial charge in [-0.1, -0.05) is 35.6 Å². The fraction of sp³-hybridized carbons (Fsp3) is 0.588. The molecule has 6 nitrogen and oxygen atoms in total. The van der Waals surface area contributed by atoms with Gasteiger partial charge in [0.15, 0.2) is 12.4 Å². The summed E-state index contributed by atoms with van der Waals surface area (Å²) in [6, 6.07) is 10.3. The van der Waals surface area contributed by atoms with Crippen molar-refractivity contribution in [2.45, 2.75) is 43.6 Å². The molecule has 0 radical (unpaired) electrons. The summed E-state index contributed by atoms with van der Waals surface area (Å²) in [5.74, 6) is 0.0420. The van der Waals surface area contributed by atoms with E-state index in [0.717, 1.165) is 6.42 Å². The first kappa shape index (κ1) is 15.1. The number of hydrogen-bond donors (Lipinski definition) is 0. The zero-order valence-corrected chi connectivity index (χ0v) is 13.3. The van der Waals surface area contributed by atoms with Gasteiger partial charge in [-0.25, -0.2) is 9.63 Å². The van der Waals surface area contributed by atoms with Crippen LogP contribution in [0.1, 0.15) is 31.2 Å². The number of hydroxylamine groups is 2. The zero-order valence-electron chi connectivity index (χ0n) is 13.3. The molecule has 1 aromatic carbocycles. The fourth-order valence-electron chi connectivity index (χ4n) is 4.20. The molecule has 5 unspecified atom stereocenters. The maximum Gasteiger partial charge on any atom is 0.337 e. The van der Waals surface area contributed by atoms with Crippen molar-refractivity contribution in [3.8, 4) is 0 Å². The monoisotopic (exact) mass is 319 g/mol. The van der Waals surface area contributed by atoms with Crippen LogP contribution in [0.15, 0.2) is 30.3 Å². The van der Waals surface area contributed by atoms with Gasteiger partial charge in [0.25, 0.3) is 0 Å². The first-order valence-corrected chi connectivity index (χ1v) is 8.01. The summed E-state index contributed by atoms with van der Waals surface area (Å²) >= 11 is 0. The van der Waals surface area contributed by atoms with Crippen molar-refractivity contribution in [3.05, 3.63) is 35.9 Å². The summed E-state index contributed by atoms with van der Waals surface area (Å²) < 4.78 is 10.6. The first-order valence-electron chi connectivity index (χ1n) is 8.01. The van der Waals surface area contributed by atoms with Gasteiger partial charge >= 0.3 is 5.97 Å². The number of esters is 1. The second-order valence-corrected chi connectivity index (χ2v) is 6.62. The third-order valence-electron chi connectivity index (χ3n) is 5.24. The normalized spacial score (nSPS) is 39.7. The van der Waals surface area contributed by atoms with Gasteiger partial charge in [0.2, 0.25) is 0 Å². The van der Waals surface area contributed by atoms with E-state index >= 15 is 0 Å². The van der Waals surface area contributed by atoms with E-state index in [1.807, 2.05) is 18.2 Å². The van der Waals surface area contributed by atoms with E-state index in [4.69, 9.17) is 19.1 Å². The minimum Gasteiger partial charge on any atom is -0.467 e. The number of nitrogens with zero attached hydrogens (tertiary/aromatic N) is 1. The van der Waals surface area contributed by atoms with Gasteiger partial charge in [0.1, 0.15) is 0 Å². The van der Waals surface area contributed by atoms with Gasteiger partial charge in [-0.05, 0) is 18.9 Å². The maximum absolute atomic E-state index is 11.9. The number of carbonyl (C=O) groups is 1.